The first-order valence-electron chi connectivity index (χ1n) is 4.50. The van der Waals surface area contributed by atoms with E-state index in [1.54, 1.807) is 0 Å². The van der Waals surface area contributed by atoms with Crippen LogP contribution < -0.4 is 0 Å². The van der Waals surface area contributed by atoms with Crippen LogP contribution in [-0.2, 0) is 19.4 Å². The number of carbonyl (C=O) groups is 1. The number of carbonyl (C=O) groups excluding carboxylic acids is 1. The second-order valence-electron chi connectivity index (χ2n) is 3.47. The first-order chi connectivity index (χ1) is 6.76. The summed E-state index contributed by atoms with van der Waals surface area (Å²) >= 11 is 0. The van der Waals surface area contributed by atoms with Crippen molar-refractivity contribution >= 4 is 16.2 Å². The fourth-order valence-electron chi connectivity index (χ4n) is 1.21. The minimum Gasteiger partial charge on any atom is -0.305 e. The van der Waals surface area contributed by atoms with Crippen molar-refractivity contribution in [2.45, 2.75) is 13.3 Å². The Morgan fingerprint density at radius 2 is 2.00 bits per heavy atom. The van der Waals surface area contributed by atoms with Crippen LogP contribution in [0.4, 0.5) is 0 Å². The van der Waals surface area contributed by atoms with E-state index in [4.69, 9.17) is 4.55 Å². The van der Waals surface area contributed by atoms with Crippen LogP contribution in [0.1, 0.15) is 13.3 Å². The second-order valence-corrected chi connectivity index (χ2v) is 4.66. The van der Waals surface area contributed by atoms with E-state index in [2.05, 4.69) is 16.1 Å². The van der Waals surface area contributed by atoms with Crippen LogP contribution in [0.3, 0.4) is 0 Å². The molecule has 15 heavy (non-hydrogen) atoms. The average Bonchev–Trinajstić information content (AvgIpc) is 2.12. The zero-order valence-corrected chi connectivity index (χ0v) is 9.95. The summed E-state index contributed by atoms with van der Waals surface area (Å²) in [4.78, 5) is 13.1. The van der Waals surface area contributed by atoms with E-state index in [-0.39, 0.29) is 5.92 Å². The van der Waals surface area contributed by atoms with Crippen LogP contribution in [0.15, 0.2) is 0 Å². The molecule has 0 aliphatic carbocycles. The van der Waals surface area contributed by atoms with Gasteiger partial charge in [0.15, 0.2) is 0 Å². The lowest BCUT2D eigenvalue weighted by atomic mass is 9.99. The number of rotatable bonds is 1. The zero-order chi connectivity index (χ0) is 12.1. The van der Waals surface area contributed by atoms with E-state index in [1.807, 2.05) is 6.92 Å². The number of piperidine rings is 1. The minimum absolute atomic E-state index is 0.267. The normalized spacial score (nSPS) is 23.2. The predicted octanol–water partition coefficient (Wildman–Crippen LogP) is -0.0373. The third-order valence-corrected chi connectivity index (χ3v) is 2.51. The summed E-state index contributed by atoms with van der Waals surface area (Å²) in [5.41, 5.74) is 0. The molecule has 1 N–H and O–H groups in total. The van der Waals surface area contributed by atoms with Gasteiger partial charge in [-0.05, 0) is 7.05 Å². The van der Waals surface area contributed by atoms with Crippen molar-refractivity contribution in [2.75, 3.05) is 27.2 Å². The van der Waals surface area contributed by atoms with E-state index in [1.165, 1.54) is 0 Å². The summed E-state index contributed by atoms with van der Waals surface area (Å²) in [7, 11) is -1.23. The van der Waals surface area contributed by atoms with Crippen LogP contribution in [0.25, 0.3) is 0 Å². The van der Waals surface area contributed by atoms with Crippen LogP contribution >= 0.6 is 0 Å². The van der Waals surface area contributed by atoms with Gasteiger partial charge in [0, 0.05) is 25.4 Å². The summed E-state index contributed by atoms with van der Waals surface area (Å²) in [6.45, 7) is 3.89. The number of hydrogen-bond acceptors (Lipinski definition) is 5. The molecular weight excluding hydrogens is 222 g/mol. The zero-order valence-electron chi connectivity index (χ0n) is 9.13. The molecule has 1 saturated heterocycles. The summed E-state index contributed by atoms with van der Waals surface area (Å²) in [5.74, 6) is 0.692. The van der Waals surface area contributed by atoms with E-state index >= 15 is 0 Å². The summed E-state index contributed by atoms with van der Waals surface area (Å²) in [6, 6.07) is 0. The SMILES string of the molecule is CC1CN(C)CCC1=O.COS(=O)(=O)O. The maximum absolute atomic E-state index is 10.9. The standard InChI is InChI=1S/C7H13NO.CH4O4S/c1-6-5-8(2)4-3-7(6)9;1-5-6(2,3)4/h6H,3-5H2,1-2H3;1H3,(H,2,3,4). The molecule has 1 unspecified atom stereocenters. The van der Waals surface area contributed by atoms with Gasteiger partial charge < -0.3 is 4.90 Å². The Morgan fingerprint density at radius 1 is 1.53 bits per heavy atom. The monoisotopic (exact) mass is 239 g/mol. The lowest BCUT2D eigenvalue weighted by Gasteiger charge is -2.25. The Morgan fingerprint density at radius 3 is 2.27 bits per heavy atom. The molecule has 1 fully saturated rings. The van der Waals surface area contributed by atoms with Crippen LogP contribution in [-0.4, -0.2) is 50.9 Å². The Labute approximate surface area is 90.2 Å². The summed E-state index contributed by atoms with van der Waals surface area (Å²) in [6.07, 6.45) is 0.748. The molecule has 1 rings (SSSR count). The van der Waals surface area contributed by atoms with Gasteiger partial charge in [-0.3, -0.25) is 13.5 Å². The largest absolute Gasteiger partial charge is 0.397 e. The third-order valence-electron chi connectivity index (χ3n) is 2.09. The van der Waals surface area contributed by atoms with Crippen LogP contribution in [0.2, 0.25) is 0 Å². The highest BCUT2D eigenvalue weighted by Gasteiger charge is 2.20. The molecule has 1 aliphatic rings. The topological polar surface area (TPSA) is 83.9 Å². The Hall–Kier alpha value is -0.500. The van der Waals surface area contributed by atoms with Crippen molar-refractivity contribution < 1.29 is 21.9 Å². The number of ketones is 1. The first kappa shape index (κ1) is 14.5. The van der Waals surface area contributed by atoms with E-state index in [0.29, 0.717) is 5.78 Å². The molecule has 1 aliphatic heterocycles. The first-order valence-corrected chi connectivity index (χ1v) is 5.87. The molecule has 7 heteroatoms. The smallest absolute Gasteiger partial charge is 0.305 e. The molecule has 0 spiro atoms. The van der Waals surface area contributed by atoms with Crippen molar-refractivity contribution in [2.24, 2.45) is 5.92 Å². The molecule has 0 aromatic carbocycles. The van der Waals surface area contributed by atoms with Gasteiger partial charge in [-0.2, -0.15) is 8.42 Å². The molecule has 6 nitrogen and oxygen atoms in total. The van der Waals surface area contributed by atoms with Gasteiger partial charge in [0.05, 0.1) is 7.11 Å². The lowest BCUT2D eigenvalue weighted by molar-refractivity contribution is -0.125. The summed E-state index contributed by atoms with van der Waals surface area (Å²) in [5, 5.41) is 0. The fraction of sp³-hybridized carbons (Fsp3) is 0.875. The molecule has 0 aromatic rings. The van der Waals surface area contributed by atoms with E-state index in [0.717, 1.165) is 26.6 Å². The fourth-order valence-corrected chi connectivity index (χ4v) is 1.21. The van der Waals surface area contributed by atoms with Gasteiger partial charge in [-0.25, -0.2) is 0 Å². The molecule has 1 heterocycles. The molecule has 0 amide bonds. The molecule has 0 radical (unpaired) electrons. The Bertz CT molecular complexity index is 300. The Kier molecular flexibility index (Phi) is 5.96. The predicted molar refractivity (Wildman–Crippen MR) is 54.8 cm³/mol. The van der Waals surface area contributed by atoms with Gasteiger partial charge in [0.1, 0.15) is 5.78 Å². The molecule has 0 saturated carbocycles. The average molecular weight is 239 g/mol. The van der Waals surface area contributed by atoms with E-state index in [9.17, 15) is 13.2 Å². The lowest BCUT2D eigenvalue weighted by Crippen LogP contribution is -2.36. The maximum atomic E-state index is 10.9. The van der Waals surface area contributed by atoms with Crippen molar-refractivity contribution in [3.8, 4) is 0 Å². The quantitative estimate of drug-likeness (QED) is 0.646. The van der Waals surface area contributed by atoms with Crippen molar-refractivity contribution in [1.82, 2.24) is 4.90 Å². The van der Waals surface area contributed by atoms with Gasteiger partial charge in [-0.15, -0.1) is 0 Å². The Balaban J connectivity index is 0.000000288. The number of likely N-dealkylation sites (tertiary alicyclic amines) is 1. The van der Waals surface area contributed by atoms with Gasteiger partial charge in [0.2, 0.25) is 0 Å². The molecule has 1 atom stereocenters. The number of hydrogen-bond donors (Lipinski definition) is 1. The van der Waals surface area contributed by atoms with Crippen molar-refractivity contribution in [3.63, 3.8) is 0 Å². The van der Waals surface area contributed by atoms with Gasteiger partial charge in [0.25, 0.3) is 0 Å². The summed E-state index contributed by atoms with van der Waals surface area (Å²) < 4.78 is 29.7. The van der Waals surface area contributed by atoms with Crippen molar-refractivity contribution in [1.29, 1.82) is 0 Å². The minimum atomic E-state index is -4.16. The molecular formula is C8H17NO5S. The third kappa shape index (κ3) is 7.43. The highest BCUT2D eigenvalue weighted by Crippen LogP contribution is 2.09. The maximum Gasteiger partial charge on any atom is 0.397 e. The van der Waals surface area contributed by atoms with Gasteiger partial charge in [-0.1, -0.05) is 6.92 Å². The highest BCUT2D eigenvalue weighted by molar-refractivity contribution is 7.80. The van der Waals surface area contributed by atoms with Crippen LogP contribution in [0.5, 0.6) is 0 Å². The highest BCUT2D eigenvalue weighted by atomic mass is 32.3. The molecule has 90 valence electrons. The van der Waals surface area contributed by atoms with Gasteiger partial charge >= 0.3 is 10.4 Å². The molecule has 0 bridgehead atoms. The van der Waals surface area contributed by atoms with Crippen molar-refractivity contribution in [3.05, 3.63) is 0 Å². The second kappa shape index (κ2) is 6.16. The van der Waals surface area contributed by atoms with Crippen LogP contribution in [0, 0.1) is 5.92 Å². The number of Topliss-reactive ketones (excluding diaryl/α,β-unsaturated/α-hetero) is 1. The molecule has 0 aromatic heterocycles. The number of nitrogens with zero attached hydrogens (tertiary/aromatic N) is 1. The van der Waals surface area contributed by atoms with E-state index < -0.39 is 10.4 Å².